The maximum absolute atomic E-state index is 12.3. The molecule has 2 atom stereocenters. The van der Waals surface area contributed by atoms with Gasteiger partial charge in [0.15, 0.2) is 0 Å². The third-order valence-corrected chi connectivity index (χ3v) is 4.86. The van der Waals surface area contributed by atoms with Crippen LogP contribution in [0, 0.1) is 0 Å². The third-order valence-electron chi connectivity index (χ3n) is 4.86. The molecule has 0 saturated carbocycles. The molecular weight excluding hydrogens is 332 g/mol. The number of likely N-dealkylation sites (tertiary alicyclic amines) is 1. The Labute approximate surface area is 154 Å². The van der Waals surface area contributed by atoms with Gasteiger partial charge < -0.3 is 19.5 Å². The molecule has 1 aliphatic rings. The smallest absolute Gasteiger partial charge is 0.314 e. The Morgan fingerprint density at radius 2 is 1.69 bits per heavy atom. The van der Waals surface area contributed by atoms with E-state index in [2.05, 4.69) is 15.5 Å². The third kappa shape index (κ3) is 4.68. The topological polar surface area (TPSA) is 73.9 Å². The van der Waals surface area contributed by atoms with Crippen LogP contribution in [0.15, 0.2) is 45.6 Å². The van der Waals surface area contributed by atoms with Crippen molar-refractivity contribution in [3.05, 3.63) is 48.3 Å². The van der Waals surface area contributed by atoms with Crippen LogP contribution in [0.4, 0.5) is 4.79 Å². The Hall–Kier alpha value is -2.25. The highest BCUT2D eigenvalue weighted by molar-refractivity contribution is 5.73. The fourth-order valence-corrected chi connectivity index (χ4v) is 3.40. The van der Waals surface area contributed by atoms with E-state index in [-0.39, 0.29) is 18.1 Å². The summed E-state index contributed by atoms with van der Waals surface area (Å²) in [5.41, 5.74) is 0. The molecule has 0 radical (unpaired) electrons. The van der Waals surface area contributed by atoms with E-state index < -0.39 is 0 Å². The monoisotopic (exact) mass is 360 g/mol. The van der Waals surface area contributed by atoms with E-state index >= 15 is 0 Å². The average molecular weight is 360 g/mol. The Kier molecular flexibility index (Phi) is 6.35. The summed E-state index contributed by atoms with van der Waals surface area (Å²) in [4.78, 5) is 16.7. The first-order valence-corrected chi connectivity index (χ1v) is 9.14. The Morgan fingerprint density at radius 3 is 2.27 bits per heavy atom. The highest BCUT2D eigenvalue weighted by atomic mass is 16.3. The molecule has 7 heteroatoms. The van der Waals surface area contributed by atoms with Crippen LogP contribution in [0.25, 0.3) is 0 Å². The zero-order valence-corrected chi connectivity index (χ0v) is 15.5. The van der Waals surface area contributed by atoms with Gasteiger partial charge in [-0.05, 0) is 64.3 Å². The van der Waals surface area contributed by atoms with Gasteiger partial charge >= 0.3 is 6.03 Å². The SMILES string of the molecule is CN(C)C(CNC(=O)NCC(c1ccco1)N1CCCC1)c1ccco1. The number of rotatable bonds is 8. The molecule has 2 aromatic rings. The first kappa shape index (κ1) is 18.5. The van der Waals surface area contributed by atoms with Crippen LogP contribution in [0.5, 0.6) is 0 Å². The maximum Gasteiger partial charge on any atom is 0.314 e. The van der Waals surface area contributed by atoms with Crippen molar-refractivity contribution in [1.82, 2.24) is 20.4 Å². The molecule has 3 rings (SSSR count). The number of nitrogens with zero attached hydrogens (tertiary/aromatic N) is 2. The van der Waals surface area contributed by atoms with Crippen LogP contribution in [0.3, 0.4) is 0 Å². The van der Waals surface area contributed by atoms with E-state index in [1.54, 1.807) is 12.5 Å². The number of likely N-dealkylation sites (N-methyl/N-ethyl adjacent to an activating group) is 1. The molecule has 0 aromatic carbocycles. The van der Waals surface area contributed by atoms with Crippen LogP contribution >= 0.6 is 0 Å². The highest BCUT2D eigenvalue weighted by Crippen LogP contribution is 2.24. The molecule has 1 aliphatic heterocycles. The summed E-state index contributed by atoms with van der Waals surface area (Å²) in [5.74, 6) is 1.73. The standard InChI is InChI=1S/C19H28N4O3/c1-22(2)15(17-7-5-11-25-17)13-20-19(24)21-14-16(18-8-6-12-26-18)23-9-3-4-10-23/h5-8,11-12,15-16H,3-4,9-10,13-14H2,1-2H3,(H2,20,21,24). The largest absolute Gasteiger partial charge is 0.468 e. The molecule has 3 heterocycles. The minimum absolute atomic E-state index is 0.00444. The number of amides is 2. The minimum atomic E-state index is -0.181. The van der Waals surface area contributed by atoms with Gasteiger partial charge in [0.05, 0.1) is 24.6 Å². The number of hydrogen-bond acceptors (Lipinski definition) is 5. The van der Waals surface area contributed by atoms with E-state index in [4.69, 9.17) is 8.83 Å². The van der Waals surface area contributed by atoms with Gasteiger partial charge in [-0.2, -0.15) is 0 Å². The van der Waals surface area contributed by atoms with E-state index in [9.17, 15) is 4.79 Å². The number of furan rings is 2. The van der Waals surface area contributed by atoms with Crippen molar-refractivity contribution in [2.24, 2.45) is 0 Å². The summed E-state index contributed by atoms with van der Waals surface area (Å²) in [6, 6.07) is 7.54. The summed E-state index contributed by atoms with van der Waals surface area (Å²) >= 11 is 0. The molecule has 142 valence electrons. The number of carbonyl (C=O) groups is 1. The van der Waals surface area contributed by atoms with E-state index in [1.165, 1.54) is 12.8 Å². The maximum atomic E-state index is 12.3. The number of nitrogens with one attached hydrogen (secondary N) is 2. The molecule has 1 fully saturated rings. The number of carbonyl (C=O) groups excluding carboxylic acids is 1. The van der Waals surface area contributed by atoms with Gasteiger partial charge in [-0.1, -0.05) is 0 Å². The van der Waals surface area contributed by atoms with E-state index in [1.807, 2.05) is 43.3 Å². The fourth-order valence-electron chi connectivity index (χ4n) is 3.40. The van der Waals surface area contributed by atoms with Crippen LogP contribution in [-0.4, -0.2) is 56.1 Å². The van der Waals surface area contributed by atoms with Gasteiger partial charge in [-0.25, -0.2) is 4.79 Å². The lowest BCUT2D eigenvalue weighted by atomic mass is 10.2. The predicted molar refractivity (Wildman–Crippen MR) is 98.8 cm³/mol. The summed E-state index contributed by atoms with van der Waals surface area (Å²) < 4.78 is 11.1. The van der Waals surface area contributed by atoms with Crippen molar-refractivity contribution >= 4 is 6.03 Å². The molecule has 1 saturated heterocycles. The lowest BCUT2D eigenvalue weighted by Crippen LogP contribution is -2.43. The fraction of sp³-hybridized carbons (Fsp3) is 0.526. The van der Waals surface area contributed by atoms with Crippen molar-refractivity contribution in [2.75, 3.05) is 40.3 Å². The van der Waals surface area contributed by atoms with E-state index in [0.29, 0.717) is 13.1 Å². The van der Waals surface area contributed by atoms with Crippen LogP contribution in [-0.2, 0) is 0 Å². The summed E-state index contributed by atoms with van der Waals surface area (Å²) in [7, 11) is 3.93. The Morgan fingerprint density at radius 1 is 1.08 bits per heavy atom. The van der Waals surface area contributed by atoms with Crippen LogP contribution in [0.1, 0.15) is 36.4 Å². The molecule has 26 heavy (non-hydrogen) atoms. The molecule has 2 aromatic heterocycles. The second-order valence-corrected chi connectivity index (χ2v) is 6.86. The molecule has 0 bridgehead atoms. The lowest BCUT2D eigenvalue weighted by Gasteiger charge is -2.26. The van der Waals surface area contributed by atoms with Gasteiger partial charge in [-0.15, -0.1) is 0 Å². The van der Waals surface area contributed by atoms with Crippen LogP contribution < -0.4 is 10.6 Å². The highest BCUT2D eigenvalue weighted by Gasteiger charge is 2.26. The van der Waals surface area contributed by atoms with Crippen molar-refractivity contribution in [2.45, 2.75) is 24.9 Å². The summed E-state index contributed by atoms with van der Waals surface area (Å²) in [5, 5.41) is 5.93. The Balaban J connectivity index is 1.52. The molecular formula is C19H28N4O3. The van der Waals surface area contributed by atoms with Gasteiger partial charge in [0, 0.05) is 13.1 Å². The molecule has 0 spiro atoms. The van der Waals surface area contributed by atoms with Crippen molar-refractivity contribution < 1.29 is 13.6 Å². The molecule has 0 aliphatic carbocycles. The first-order chi connectivity index (χ1) is 12.6. The molecule has 2 amide bonds. The molecule has 7 nitrogen and oxygen atoms in total. The average Bonchev–Trinajstić information content (AvgIpc) is 3.38. The zero-order chi connectivity index (χ0) is 18.4. The summed E-state index contributed by atoms with van der Waals surface area (Å²) in [6.07, 6.45) is 5.72. The lowest BCUT2D eigenvalue weighted by molar-refractivity contribution is 0.200. The molecule has 2 N–H and O–H groups in total. The minimum Gasteiger partial charge on any atom is -0.468 e. The quantitative estimate of drug-likeness (QED) is 0.757. The second kappa shape index (κ2) is 8.91. The number of urea groups is 1. The van der Waals surface area contributed by atoms with E-state index in [0.717, 1.165) is 24.6 Å². The zero-order valence-electron chi connectivity index (χ0n) is 15.5. The van der Waals surface area contributed by atoms with Gasteiger partial charge in [0.2, 0.25) is 0 Å². The first-order valence-electron chi connectivity index (χ1n) is 9.14. The van der Waals surface area contributed by atoms with Crippen molar-refractivity contribution in [3.63, 3.8) is 0 Å². The molecule has 2 unspecified atom stereocenters. The van der Waals surface area contributed by atoms with Crippen molar-refractivity contribution in [3.8, 4) is 0 Å². The Bertz CT molecular complexity index is 648. The predicted octanol–water partition coefficient (Wildman–Crippen LogP) is 2.61. The van der Waals surface area contributed by atoms with Crippen LogP contribution in [0.2, 0.25) is 0 Å². The number of hydrogen-bond donors (Lipinski definition) is 2. The normalized spacial score (nSPS) is 17.3. The van der Waals surface area contributed by atoms with Gasteiger partial charge in [-0.3, -0.25) is 9.80 Å². The van der Waals surface area contributed by atoms with Gasteiger partial charge in [0.25, 0.3) is 0 Å². The summed E-state index contributed by atoms with van der Waals surface area (Å²) in [6.45, 7) is 3.07. The van der Waals surface area contributed by atoms with Gasteiger partial charge in [0.1, 0.15) is 11.5 Å². The second-order valence-electron chi connectivity index (χ2n) is 6.86. The van der Waals surface area contributed by atoms with Crippen molar-refractivity contribution in [1.29, 1.82) is 0 Å².